The van der Waals surface area contributed by atoms with E-state index < -0.39 is 23.8 Å². The van der Waals surface area contributed by atoms with E-state index in [1.165, 1.54) is 0 Å². The maximum atomic E-state index is 12.2. The lowest BCUT2D eigenvalue weighted by atomic mass is 9.92. The molecule has 0 bridgehead atoms. The molecule has 2 atom stereocenters. The zero-order valence-corrected chi connectivity index (χ0v) is 17.2. The van der Waals surface area contributed by atoms with Crippen LogP contribution in [0, 0.1) is 11.8 Å². The molecule has 0 rings (SSSR count). The number of hydrogen-bond donors (Lipinski definition) is 0. The van der Waals surface area contributed by atoms with Crippen LogP contribution in [0.3, 0.4) is 0 Å². The van der Waals surface area contributed by atoms with Crippen molar-refractivity contribution in [3.63, 3.8) is 0 Å². The lowest BCUT2D eigenvalue weighted by molar-refractivity contribution is -0.162. The molecule has 8 heteroatoms. The Morgan fingerprint density at radius 1 is 0.630 bits per heavy atom. The van der Waals surface area contributed by atoms with Gasteiger partial charge in [0.2, 0.25) is 0 Å². The topological polar surface area (TPSA) is 89.5 Å². The van der Waals surface area contributed by atoms with Crippen LogP contribution in [0.4, 0.5) is 0 Å². The van der Waals surface area contributed by atoms with Crippen molar-refractivity contribution in [2.45, 2.75) is 34.1 Å². The smallest absolute Gasteiger partial charge is 0.309 e. The highest BCUT2D eigenvalue weighted by Crippen LogP contribution is 2.19. The SMILES string of the molecule is CCOCCOCCOC(=O)C(C)C(CC)C(=O)OCCOCCOCC. The first-order valence-corrected chi connectivity index (χ1v) is 9.72. The molecule has 0 aromatic heterocycles. The molecule has 0 radical (unpaired) electrons. The predicted octanol–water partition coefficient (Wildman–Crippen LogP) is 1.84. The first-order valence-electron chi connectivity index (χ1n) is 9.72. The minimum Gasteiger partial charge on any atom is -0.463 e. The van der Waals surface area contributed by atoms with E-state index >= 15 is 0 Å². The normalized spacial score (nSPS) is 13.2. The van der Waals surface area contributed by atoms with Crippen LogP contribution in [0.15, 0.2) is 0 Å². The van der Waals surface area contributed by atoms with Gasteiger partial charge in [-0.05, 0) is 20.3 Å². The average molecular weight is 392 g/mol. The van der Waals surface area contributed by atoms with Gasteiger partial charge in [0.25, 0.3) is 0 Å². The first-order chi connectivity index (χ1) is 13.1. The van der Waals surface area contributed by atoms with Crippen LogP contribution >= 0.6 is 0 Å². The van der Waals surface area contributed by atoms with E-state index in [9.17, 15) is 9.59 Å². The second kappa shape index (κ2) is 18.2. The van der Waals surface area contributed by atoms with Crippen molar-refractivity contribution in [2.75, 3.05) is 66.1 Å². The minimum absolute atomic E-state index is 0.147. The summed E-state index contributed by atoms with van der Waals surface area (Å²) in [4.78, 5) is 24.3. The fourth-order valence-corrected chi connectivity index (χ4v) is 2.26. The summed E-state index contributed by atoms with van der Waals surface area (Å²) in [7, 11) is 0. The molecular formula is C19H36O8. The Labute approximate surface area is 162 Å². The van der Waals surface area contributed by atoms with Crippen LogP contribution in [-0.2, 0) is 38.0 Å². The predicted molar refractivity (Wildman–Crippen MR) is 99.5 cm³/mol. The minimum atomic E-state index is -0.579. The quantitative estimate of drug-likeness (QED) is 0.258. The molecule has 0 aromatic rings. The molecule has 0 heterocycles. The average Bonchev–Trinajstić information content (AvgIpc) is 2.66. The van der Waals surface area contributed by atoms with E-state index in [0.717, 1.165) is 0 Å². The van der Waals surface area contributed by atoms with Crippen molar-refractivity contribution < 1.29 is 38.0 Å². The second-order valence-electron chi connectivity index (χ2n) is 5.76. The van der Waals surface area contributed by atoms with E-state index in [2.05, 4.69) is 0 Å². The van der Waals surface area contributed by atoms with Crippen molar-refractivity contribution in [1.29, 1.82) is 0 Å². The van der Waals surface area contributed by atoms with Gasteiger partial charge in [0, 0.05) is 13.2 Å². The van der Waals surface area contributed by atoms with Crippen LogP contribution < -0.4 is 0 Å². The van der Waals surface area contributed by atoms with Crippen LogP contribution in [0.1, 0.15) is 34.1 Å². The lowest BCUT2D eigenvalue weighted by Crippen LogP contribution is -2.31. The van der Waals surface area contributed by atoms with Crippen LogP contribution in [-0.4, -0.2) is 78.0 Å². The molecule has 0 saturated carbocycles. The summed E-state index contributed by atoms with van der Waals surface area (Å²) in [6.45, 7) is 11.5. The summed E-state index contributed by atoms with van der Waals surface area (Å²) in [6, 6.07) is 0. The summed E-state index contributed by atoms with van der Waals surface area (Å²) in [6.07, 6.45) is 0.491. The molecule has 0 aliphatic rings. The van der Waals surface area contributed by atoms with Gasteiger partial charge >= 0.3 is 11.9 Å². The molecule has 160 valence electrons. The van der Waals surface area contributed by atoms with Crippen molar-refractivity contribution >= 4 is 11.9 Å². The monoisotopic (exact) mass is 392 g/mol. The van der Waals surface area contributed by atoms with Gasteiger partial charge in [-0.15, -0.1) is 0 Å². The highest BCUT2D eigenvalue weighted by atomic mass is 16.6. The van der Waals surface area contributed by atoms with Gasteiger partial charge in [0.15, 0.2) is 0 Å². The molecule has 0 aliphatic heterocycles. The van der Waals surface area contributed by atoms with Gasteiger partial charge in [0.1, 0.15) is 13.2 Å². The van der Waals surface area contributed by atoms with E-state index in [4.69, 9.17) is 28.4 Å². The molecule has 0 aromatic carbocycles. The van der Waals surface area contributed by atoms with Gasteiger partial charge in [-0.2, -0.15) is 0 Å². The summed E-state index contributed by atoms with van der Waals surface area (Å²) < 4.78 is 31.2. The molecule has 0 spiro atoms. The molecule has 2 unspecified atom stereocenters. The number of ether oxygens (including phenoxy) is 6. The highest BCUT2D eigenvalue weighted by molar-refractivity contribution is 5.81. The first kappa shape index (κ1) is 25.8. The molecule has 27 heavy (non-hydrogen) atoms. The summed E-state index contributed by atoms with van der Waals surface area (Å²) in [5, 5.41) is 0. The number of carbonyl (C=O) groups is 2. The maximum absolute atomic E-state index is 12.2. The van der Waals surface area contributed by atoms with E-state index in [1.54, 1.807) is 6.92 Å². The number of hydrogen-bond acceptors (Lipinski definition) is 8. The van der Waals surface area contributed by atoms with Crippen LogP contribution in [0.25, 0.3) is 0 Å². The largest absolute Gasteiger partial charge is 0.463 e. The Bertz CT molecular complexity index is 375. The highest BCUT2D eigenvalue weighted by Gasteiger charge is 2.31. The Morgan fingerprint density at radius 3 is 1.48 bits per heavy atom. The summed E-state index contributed by atoms with van der Waals surface area (Å²) in [5.41, 5.74) is 0. The maximum Gasteiger partial charge on any atom is 0.309 e. The third kappa shape index (κ3) is 13.6. The van der Waals surface area contributed by atoms with Gasteiger partial charge in [0.05, 0.1) is 51.5 Å². The van der Waals surface area contributed by atoms with E-state index in [1.807, 2.05) is 20.8 Å². The van der Waals surface area contributed by atoms with Gasteiger partial charge in [-0.1, -0.05) is 13.8 Å². The number of rotatable bonds is 18. The molecule has 0 fully saturated rings. The van der Waals surface area contributed by atoms with Gasteiger partial charge < -0.3 is 28.4 Å². The summed E-state index contributed by atoms with van der Waals surface area (Å²) >= 11 is 0. The standard InChI is InChI=1S/C19H36O8/c1-5-17(19(21)27-15-13-25-11-9-23-7-3)16(4)18(20)26-14-12-24-10-8-22-6-2/h16-17H,5-15H2,1-4H3. The van der Waals surface area contributed by atoms with Crippen molar-refractivity contribution in [3.05, 3.63) is 0 Å². The molecule has 0 amide bonds. The van der Waals surface area contributed by atoms with Gasteiger partial charge in [-0.3, -0.25) is 9.59 Å². The number of carbonyl (C=O) groups excluding carboxylic acids is 2. The van der Waals surface area contributed by atoms with Crippen molar-refractivity contribution in [2.24, 2.45) is 11.8 Å². The van der Waals surface area contributed by atoms with Crippen LogP contribution in [0.5, 0.6) is 0 Å². The number of esters is 2. The summed E-state index contributed by atoms with van der Waals surface area (Å²) in [5.74, 6) is -1.96. The molecule has 0 aliphatic carbocycles. The Hall–Kier alpha value is -1.22. The van der Waals surface area contributed by atoms with Crippen molar-refractivity contribution in [1.82, 2.24) is 0 Å². The third-order valence-electron chi connectivity index (χ3n) is 3.81. The molecule has 8 nitrogen and oxygen atoms in total. The Morgan fingerprint density at radius 2 is 1.04 bits per heavy atom. The van der Waals surface area contributed by atoms with Crippen molar-refractivity contribution in [3.8, 4) is 0 Å². The van der Waals surface area contributed by atoms with E-state index in [0.29, 0.717) is 59.3 Å². The van der Waals surface area contributed by atoms with E-state index in [-0.39, 0.29) is 13.2 Å². The third-order valence-corrected chi connectivity index (χ3v) is 3.81. The van der Waals surface area contributed by atoms with Gasteiger partial charge in [-0.25, -0.2) is 0 Å². The molecule has 0 saturated heterocycles. The lowest BCUT2D eigenvalue weighted by Gasteiger charge is -2.20. The molecule has 0 N–H and O–H groups in total. The fraction of sp³-hybridized carbons (Fsp3) is 0.895. The second-order valence-corrected chi connectivity index (χ2v) is 5.76. The Balaban J connectivity index is 3.96. The zero-order valence-electron chi connectivity index (χ0n) is 17.2. The Kier molecular flexibility index (Phi) is 17.3. The fourth-order valence-electron chi connectivity index (χ4n) is 2.26. The zero-order chi connectivity index (χ0) is 20.3. The molecular weight excluding hydrogens is 356 g/mol. The van der Waals surface area contributed by atoms with Crippen LogP contribution in [0.2, 0.25) is 0 Å².